The van der Waals surface area contributed by atoms with Crippen molar-refractivity contribution < 1.29 is 18.0 Å². The molecule has 0 atom stereocenters. The molecule has 0 aromatic carbocycles. The summed E-state index contributed by atoms with van der Waals surface area (Å²) in [6.45, 7) is 0. The number of hydrogen-bond donors (Lipinski definition) is 1. The second-order valence-electron chi connectivity index (χ2n) is 2.35. The minimum atomic E-state index is -2.99. The van der Waals surface area contributed by atoms with E-state index in [1.165, 1.54) is 0 Å². The Kier molecular flexibility index (Phi) is 2.95. The summed E-state index contributed by atoms with van der Waals surface area (Å²) in [5.41, 5.74) is 3.00. The third-order valence-corrected chi connectivity index (χ3v) is 1.70. The van der Waals surface area contributed by atoms with E-state index >= 15 is 0 Å². The number of primary amides is 1. The molecule has 0 bridgehead atoms. The van der Waals surface area contributed by atoms with Crippen LogP contribution in [-0.2, 0) is 0 Å². The van der Waals surface area contributed by atoms with Crippen molar-refractivity contribution in [2.24, 2.45) is 5.73 Å². The van der Waals surface area contributed by atoms with E-state index in [1.807, 2.05) is 0 Å². The van der Waals surface area contributed by atoms with Gasteiger partial charge in [-0.2, -0.15) is 0 Å². The van der Waals surface area contributed by atoms with Crippen molar-refractivity contribution in [1.82, 2.24) is 4.98 Å². The van der Waals surface area contributed by atoms with Crippen LogP contribution in [0.2, 0.25) is 5.02 Å². The summed E-state index contributed by atoms with van der Waals surface area (Å²) in [7, 11) is 0. The van der Waals surface area contributed by atoms with Gasteiger partial charge < -0.3 is 5.73 Å². The van der Waals surface area contributed by atoms with Gasteiger partial charge in [0.2, 0.25) is 0 Å². The average molecular weight is 225 g/mol. The zero-order valence-electron chi connectivity index (χ0n) is 6.60. The molecule has 0 saturated heterocycles. The molecule has 14 heavy (non-hydrogen) atoms. The SMILES string of the molecule is NC(=O)c1nc(C(F)F)c(Cl)cc1F. The van der Waals surface area contributed by atoms with Gasteiger partial charge in [-0.05, 0) is 6.07 Å². The first-order valence-corrected chi connectivity index (χ1v) is 3.75. The monoisotopic (exact) mass is 224 g/mol. The van der Waals surface area contributed by atoms with Crippen LogP contribution in [-0.4, -0.2) is 10.9 Å². The highest BCUT2D eigenvalue weighted by molar-refractivity contribution is 6.31. The molecule has 0 fully saturated rings. The Bertz CT molecular complexity index is 383. The molecule has 0 unspecified atom stereocenters. The first-order chi connectivity index (χ1) is 6.43. The molecule has 0 aliphatic rings. The van der Waals surface area contributed by atoms with Crippen LogP contribution in [0.3, 0.4) is 0 Å². The molecule has 0 aliphatic heterocycles. The molecule has 0 saturated carbocycles. The van der Waals surface area contributed by atoms with Gasteiger partial charge in [-0.25, -0.2) is 18.2 Å². The quantitative estimate of drug-likeness (QED) is 0.834. The molecule has 0 spiro atoms. The van der Waals surface area contributed by atoms with Crippen molar-refractivity contribution in [3.63, 3.8) is 0 Å². The van der Waals surface area contributed by atoms with Gasteiger partial charge in [0.15, 0.2) is 11.5 Å². The van der Waals surface area contributed by atoms with Gasteiger partial charge in [-0.3, -0.25) is 4.79 Å². The highest BCUT2D eigenvalue weighted by Gasteiger charge is 2.20. The van der Waals surface area contributed by atoms with Crippen molar-refractivity contribution >= 4 is 17.5 Å². The Morgan fingerprint density at radius 2 is 2.14 bits per heavy atom. The Hall–Kier alpha value is -1.30. The summed E-state index contributed by atoms with van der Waals surface area (Å²) < 4.78 is 37.2. The second-order valence-corrected chi connectivity index (χ2v) is 2.76. The minimum absolute atomic E-state index is 0.539. The van der Waals surface area contributed by atoms with E-state index in [9.17, 15) is 18.0 Å². The number of nitrogens with two attached hydrogens (primary N) is 1. The predicted molar refractivity (Wildman–Crippen MR) is 42.7 cm³/mol. The summed E-state index contributed by atoms with van der Waals surface area (Å²) in [5, 5.41) is -0.539. The maximum atomic E-state index is 12.9. The number of aromatic nitrogens is 1. The number of amides is 1. The van der Waals surface area contributed by atoms with Gasteiger partial charge in [0.1, 0.15) is 5.69 Å². The van der Waals surface area contributed by atoms with E-state index in [-0.39, 0.29) is 0 Å². The van der Waals surface area contributed by atoms with Crippen LogP contribution in [0.15, 0.2) is 6.07 Å². The van der Waals surface area contributed by atoms with E-state index in [0.29, 0.717) is 6.07 Å². The number of nitrogens with zero attached hydrogens (tertiary/aromatic N) is 1. The fourth-order valence-electron chi connectivity index (χ4n) is 0.807. The molecule has 3 nitrogen and oxygen atoms in total. The van der Waals surface area contributed by atoms with Gasteiger partial charge >= 0.3 is 0 Å². The lowest BCUT2D eigenvalue weighted by atomic mass is 10.3. The van der Waals surface area contributed by atoms with E-state index in [0.717, 1.165) is 0 Å². The van der Waals surface area contributed by atoms with Gasteiger partial charge in [0.25, 0.3) is 12.3 Å². The second kappa shape index (κ2) is 3.83. The fraction of sp³-hybridized carbons (Fsp3) is 0.143. The van der Waals surface area contributed by atoms with E-state index < -0.39 is 34.6 Å². The maximum Gasteiger partial charge on any atom is 0.281 e. The lowest BCUT2D eigenvalue weighted by Gasteiger charge is -2.04. The molecule has 1 aromatic heterocycles. The molecular weight excluding hydrogens is 221 g/mol. The largest absolute Gasteiger partial charge is 0.364 e. The van der Waals surface area contributed by atoms with Crippen molar-refractivity contribution in [2.45, 2.75) is 6.43 Å². The van der Waals surface area contributed by atoms with Crippen LogP contribution >= 0.6 is 11.6 Å². The van der Waals surface area contributed by atoms with E-state index in [1.54, 1.807) is 0 Å². The molecule has 1 aromatic rings. The standard InChI is InChI=1S/C7H4ClF3N2O/c8-2-1-3(9)5(7(12)14)13-4(2)6(10)11/h1,6H,(H2,12,14). The van der Waals surface area contributed by atoms with Crippen molar-refractivity contribution in [2.75, 3.05) is 0 Å². The predicted octanol–water partition coefficient (Wildman–Crippen LogP) is 1.91. The molecule has 7 heteroatoms. The lowest BCUT2D eigenvalue weighted by Crippen LogP contribution is -2.16. The maximum absolute atomic E-state index is 12.9. The topological polar surface area (TPSA) is 56.0 Å². The molecule has 1 amide bonds. The summed E-state index contributed by atoms with van der Waals surface area (Å²) in [5.74, 6) is -2.34. The van der Waals surface area contributed by atoms with E-state index in [4.69, 9.17) is 17.3 Å². The zero-order chi connectivity index (χ0) is 10.9. The molecule has 76 valence electrons. The summed E-state index contributed by atoms with van der Waals surface area (Å²) in [6.07, 6.45) is -2.99. The van der Waals surface area contributed by atoms with Gasteiger partial charge in [0, 0.05) is 0 Å². The van der Waals surface area contributed by atoms with E-state index in [2.05, 4.69) is 4.98 Å². The van der Waals surface area contributed by atoms with Crippen LogP contribution in [0.1, 0.15) is 22.6 Å². The molecule has 1 heterocycles. The first kappa shape index (κ1) is 10.8. The number of rotatable bonds is 2. The minimum Gasteiger partial charge on any atom is -0.364 e. The third kappa shape index (κ3) is 1.95. The fourth-order valence-corrected chi connectivity index (χ4v) is 1.03. The number of alkyl halides is 2. The number of carbonyl (C=O) groups is 1. The first-order valence-electron chi connectivity index (χ1n) is 3.37. The third-order valence-electron chi connectivity index (χ3n) is 1.40. The Balaban J connectivity index is 3.34. The molecule has 1 rings (SSSR count). The Morgan fingerprint density at radius 1 is 1.57 bits per heavy atom. The van der Waals surface area contributed by atoms with Crippen LogP contribution in [0.5, 0.6) is 0 Å². The van der Waals surface area contributed by atoms with Crippen LogP contribution in [0, 0.1) is 5.82 Å². The average Bonchev–Trinajstić information content (AvgIpc) is 2.02. The summed E-state index contributed by atoms with van der Waals surface area (Å²) >= 11 is 5.27. The van der Waals surface area contributed by atoms with Crippen LogP contribution in [0.4, 0.5) is 13.2 Å². The number of hydrogen-bond acceptors (Lipinski definition) is 2. The summed E-state index contributed by atoms with van der Waals surface area (Å²) in [6, 6.07) is 0.580. The van der Waals surface area contributed by atoms with Crippen LogP contribution in [0.25, 0.3) is 0 Å². The molecule has 2 N–H and O–H groups in total. The van der Waals surface area contributed by atoms with Crippen molar-refractivity contribution in [1.29, 1.82) is 0 Å². The highest BCUT2D eigenvalue weighted by atomic mass is 35.5. The number of carbonyl (C=O) groups excluding carboxylic acids is 1. The van der Waals surface area contributed by atoms with Gasteiger partial charge in [-0.1, -0.05) is 11.6 Å². The highest BCUT2D eigenvalue weighted by Crippen LogP contribution is 2.26. The number of pyridine rings is 1. The Labute approximate surface area is 81.7 Å². The summed E-state index contributed by atoms with van der Waals surface area (Å²) in [4.78, 5) is 13.6. The van der Waals surface area contributed by atoms with Crippen LogP contribution < -0.4 is 5.73 Å². The molecule has 0 radical (unpaired) electrons. The van der Waals surface area contributed by atoms with Crippen molar-refractivity contribution in [3.8, 4) is 0 Å². The lowest BCUT2D eigenvalue weighted by molar-refractivity contribution is 0.0989. The number of halogens is 4. The Morgan fingerprint density at radius 3 is 2.57 bits per heavy atom. The zero-order valence-corrected chi connectivity index (χ0v) is 7.36. The van der Waals surface area contributed by atoms with Gasteiger partial charge in [0.05, 0.1) is 5.02 Å². The molecule has 0 aliphatic carbocycles. The smallest absolute Gasteiger partial charge is 0.281 e. The normalized spacial score (nSPS) is 10.6. The molecular formula is C7H4ClF3N2O. The van der Waals surface area contributed by atoms with Gasteiger partial charge in [-0.15, -0.1) is 0 Å². The van der Waals surface area contributed by atoms with Crippen molar-refractivity contribution in [3.05, 3.63) is 28.3 Å².